The third-order valence-electron chi connectivity index (χ3n) is 10.9. The van der Waals surface area contributed by atoms with E-state index in [9.17, 15) is 13.2 Å². The van der Waals surface area contributed by atoms with Crippen molar-refractivity contribution >= 4 is 38.9 Å². The normalized spacial score (nSPS) is 16.1. The van der Waals surface area contributed by atoms with Crippen LogP contribution in [0.4, 0.5) is 11.4 Å². The van der Waals surface area contributed by atoms with E-state index in [-0.39, 0.29) is 16.2 Å². The van der Waals surface area contributed by atoms with Gasteiger partial charge in [0.1, 0.15) is 19.0 Å². The van der Waals surface area contributed by atoms with Crippen molar-refractivity contribution in [1.82, 2.24) is 9.62 Å². The summed E-state index contributed by atoms with van der Waals surface area (Å²) in [7, 11) is -4.24. The first-order valence-corrected chi connectivity index (χ1v) is 21.6. The van der Waals surface area contributed by atoms with Crippen molar-refractivity contribution in [3.8, 4) is 34.1 Å². The van der Waals surface area contributed by atoms with Gasteiger partial charge in [0.25, 0.3) is 15.9 Å². The van der Waals surface area contributed by atoms with E-state index < -0.39 is 15.9 Å². The lowest BCUT2D eigenvalue weighted by Gasteiger charge is -2.36. The van der Waals surface area contributed by atoms with Crippen LogP contribution in [0.1, 0.15) is 34.3 Å². The fourth-order valence-corrected chi connectivity index (χ4v) is 8.82. The number of benzene rings is 5. The Bertz CT molecular complexity index is 2360. The number of halogens is 1. The summed E-state index contributed by atoms with van der Waals surface area (Å²) >= 11 is 6.17. The molecule has 0 atom stereocenters. The Kier molecular flexibility index (Phi) is 12.1. The Morgan fingerprint density at radius 2 is 1.60 bits per heavy atom. The number of ether oxygens (including phenoxy) is 4. The molecule has 3 aliphatic heterocycles. The second-order valence-corrected chi connectivity index (χ2v) is 17.0. The van der Waals surface area contributed by atoms with Gasteiger partial charge in [-0.2, -0.15) is 0 Å². The summed E-state index contributed by atoms with van der Waals surface area (Å²) in [5, 5.41) is 4.16. The molecule has 58 heavy (non-hydrogen) atoms. The molecule has 1 amide bonds. The van der Waals surface area contributed by atoms with Crippen LogP contribution in [0.3, 0.4) is 0 Å². The van der Waals surface area contributed by atoms with Crippen LogP contribution in [0, 0.1) is 12.8 Å². The third kappa shape index (κ3) is 9.21. The number of hydrogen-bond acceptors (Lipinski definition) is 10. The number of rotatable bonds is 12. The van der Waals surface area contributed by atoms with E-state index in [1.807, 2.05) is 37.3 Å². The van der Waals surface area contributed by atoms with Gasteiger partial charge in [-0.05, 0) is 103 Å². The second-order valence-electron chi connectivity index (χ2n) is 14.8. The Morgan fingerprint density at radius 1 is 0.828 bits per heavy atom. The maximum atomic E-state index is 13.9. The number of nitrogens with one attached hydrogen (secondary N) is 2. The highest BCUT2D eigenvalue weighted by Crippen LogP contribution is 2.42. The molecular weight excluding hydrogens is 776 g/mol. The first kappa shape index (κ1) is 39.6. The molecule has 0 aromatic heterocycles. The summed E-state index contributed by atoms with van der Waals surface area (Å²) in [6.07, 6.45) is 1.98. The van der Waals surface area contributed by atoms with Crippen LogP contribution in [-0.2, 0) is 21.3 Å². The molecule has 0 bridgehead atoms. The van der Waals surface area contributed by atoms with Crippen LogP contribution in [0.15, 0.2) is 108 Å². The van der Waals surface area contributed by atoms with Crippen LogP contribution in [0.5, 0.6) is 23.0 Å². The molecule has 8 rings (SSSR count). The summed E-state index contributed by atoms with van der Waals surface area (Å²) in [4.78, 5) is 18.6. The van der Waals surface area contributed by atoms with Crippen LogP contribution in [0.2, 0.25) is 5.02 Å². The molecule has 0 saturated carbocycles. The van der Waals surface area contributed by atoms with Crippen LogP contribution in [-0.4, -0.2) is 78.4 Å². The second kappa shape index (κ2) is 17.7. The van der Waals surface area contributed by atoms with Gasteiger partial charge in [0.2, 0.25) is 5.75 Å². The summed E-state index contributed by atoms with van der Waals surface area (Å²) in [6.45, 7) is 8.79. The Labute approximate surface area is 344 Å². The Balaban J connectivity index is 0.994. The minimum absolute atomic E-state index is 0.00890. The van der Waals surface area contributed by atoms with E-state index >= 15 is 0 Å². The number of hydrogen-bond donors (Lipinski definition) is 2. The molecule has 0 spiro atoms. The van der Waals surface area contributed by atoms with Crippen molar-refractivity contribution in [2.45, 2.75) is 31.2 Å². The number of fused-ring (bicyclic) bond motifs is 1. The van der Waals surface area contributed by atoms with Gasteiger partial charge < -0.3 is 29.2 Å². The lowest BCUT2D eigenvalue weighted by molar-refractivity contribution is 0.0699. The van der Waals surface area contributed by atoms with Crippen molar-refractivity contribution in [1.29, 1.82) is 0 Å². The number of para-hydroxylation sites is 1. The highest BCUT2D eigenvalue weighted by atomic mass is 35.5. The van der Waals surface area contributed by atoms with Crippen molar-refractivity contribution in [3.63, 3.8) is 0 Å². The highest BCUT2D eigenvalue weighted by Gasteiger charge is 2.26. The van der Waals surface area contributed by atoms with Crippen LogP contribution < -0.4 is 29.1 Å². The quantitative estimate of drug-likeness (QED) is 0.128. The summed E-state index contributed by atoms with van der Waals surface area (Å²) in [5.41, 5.74) is 6.07. The number of anilines is 2. The monoisotopic (exact) mass is 822 g/mol. The summed E-state index contributed by atoms with van der Waals surface area (Å²) in [5.74, 6) is 1.19. The zero-order valence-corrected chi connectivity index (χ0v) is 34.0. The first-order valence-electron chi connectivity index (χ1n) is 19.7. The number of carbonyl (C=O) groups is 1. The zero-order chi connectivity index (χ0) is 40.1. The van der Waals surface area contributed by atoms with Gasteiger partial charge in [-0.25, -0.2) is 13.1 Å². The van der Waals surface area contributed by atoms with Crippen molar-refractivity contribution < 1.29 is 32.2 Å². The number of carbonyl (C=O) groups excluding carboxylic acids is 1. The van der Waals surface area contributed by atoms with Gasteiger partial charge in [-0.3, -0.25) is 9.69 Å². The minimum atomic E-state index is -4.24. The molecule has 2 saturated heterocycles. The first-order chi connectivity index (χ1) is 28.2. The molecule has 2 N–H and O–H groups in total. The average Bonchev–Trinajstić information content (AvgIpc) is 3.24. The largest absolute Gasteiger partial charge is 0.486 e. The smallest absolute Gasteiger partial charge is 0.268 e. The fourth-order valence-electron chi connectivity index (χ4n) is 7.64. The standard InChI is InChI=1S/C45H47ClN4O7S/c1-31-27-37(14-16-40(31)47-29-32-17-23-54-24-18-32)58(52,53)48-45(51)39-15-13-36(28-43(39)57-42-8-4-7-41-44(42)56-26-25-55-41)50-21-19-49(20-22-50)30-34-5-2-3-6-38(34)33-9-11-35(46)12-10-33/h2-16,27-28,32,47H,17-26,29-30H2,1H3,(H,48,51). The molecule has 0 unspecified atom stereocenters. The maximum Gasteiger partial charge on any atom is 0.268 e. The van der Waals surface area contributed by atoms with Crippen molar-refractivity contribution in [2.75, 3.05) is 69.4 Å². The Hall–Kier alpha value is -5.27. The van der Waals surface area contributed by atoms with Crippen LogP contribution in [0.25, 0.3) is 11.1 Å². The van der Waals surface area contributed by atoms with E-state index in [1.165, 1.54) is 17.2 Å². The molecule has 5 aromatic carbocycles. The number of piperazine rings is 1. The molecule has 302 valence electrons. The number of sulfonamides is 1. The lowest BCUT2D eigenvalue weighted by atomic mass is 9.99. The molecule has 13 heteroatoms. The van der Waals surface area contributed by atoms with Crippen molar-refractivity contribution in [3.05, 3.63) is 125 Å². The number of nitrogens with zero attached hydrogens (tertiary/aromatic N) is 2. The predicted molar refractivity (Wildman–Crippen MR) is 226 cm³/mol. The van der Waals surface area contributed by atoms with E-state index in [1.54, 1.807) is 42.5 Å². The molecule has 3 heterocycles. The molecular formula is C45H47ClN4O7S. The third-order valence-corrected chi connectivity index (χ3v) is 12.5. The molecule has 0 aliphatic carbocycles. The van der Waals surface area contributed by atoms with E-state index in [4.69, 9.17) is 30.5 Å². The highest BCUT2D eigenvalue weighted by molar-refractivity contribution is 7.90. The predicted octanol–water partition coefficient (Wildman–Crippen LogP) is 8.16. The zero-order valence-electron chi connectivity index (χ0n) is 32.4. The Morgan fingerprint density at radius 3 is 2.40 bits per heavy atom. The van der Waals surface area contributed by atoms with Gasteiger partial charge in [-0.1, -0.05) is 54.1 Å². The molecule has 5 aromatic rings. The van der Waals surface area contributed by atoms with Gasteiger partial charge in [0.05, 0.1) is 10.5 Å². The minimum Gasteiger partial charge on any atom is -0.486 e. The molecule has 0 radical (unpaired) electrons. The van der Waals surface area contributed by atoms with Crippen LogP contribution >= 0.6 is 11.6 Å². The SMILES string of the molecule is Cc1cc(S(=O)(=O)NC(=O)c2ccc(N3CCN(Cc4ccccc4-c4ccc(Cl)cc4)CC3)cc2Oc2cccc3c2OCCO3)ccc1NCC1CCOCC1. The molecule has 11 nitrogen and oxygen atoms in total. The number of amides is 1. The van der Waals surface area contributed by atoms with E-state index in [0.717, 1.165) is 87.8 Å². The molecule has 3 aliphatic rings. The molecule has 2 fully saturated rings. The maximum absolute atomic E-state index is 13.9. The lowest BCUT2D eigenvalue weighted by Crippen LogP contribution is -2.46. The van der Waals surface area contributed by atoms with Gasteiger partial charge >= 0.3 is 0 Å². The summed E-state index contributed by atoms with van der Waals surface area (Å²) in [6, 6.07) is 31.8. The van der Waals surface area contributed by atoms with E-state index in [2.05, 4.69) is 44.1 Å². The van der Waals surface area contributed by atoms with Gasteiger partial charge in [0.15, 0.2) is 11.5 Å². The average molecular weight is 823 g/mol. The topological polar surface area (TPSA) is 119 Å². The van der Waals surface area contributed by atoms with E-state index in [0.29, 0.717) is 41.4 Å². The number of aryl methyl sites for hydroxylation is 1. The summed E-state index contributed by atoms with van der Waals surface area (Å²) < 4.78 is 53.2. The van der Waals surface area contributed by atoms with Gasteiger partial charge in [-0.15, -0.1) is 0 Å². The van der Waals surface area contributed by atoms with Gasteiger partial charge in [0, 0.05) is 74.9 Å². The van der Waals surface area contributed by atoms with Crippen molar-refractivity contribution in [2.24, 2.45) is 5.92 Å². The fraction of sp³-hybridized carbons (Fsp3) is 0.311.